The molecule has 0 bridgehead atoms. The molecule has 0 spiro atoms. The summed E-state index contributed by atoms with van der Waals surface area (Å²) in [6, 6.07) is 5.98. The maximum absolute atomic E-state index is 13.3. The molecule has 26 heavy (non-hydrogen) atoms. The number of carbonyl (C=O) groups excluding carboxylic acids is 1. The van der Waals surface area contributed by atoms with E-state index in [1.807, 2.05) is 35.5 Å². The molecule has 2 fully saturated rings. The Morgan fingerprint density at radius 3 is 2.92 bits per heavy atom. The van der Waals surface area contributed by atoms with E-state index in [2.05, 4.69) is 5.10 Å². The smallest absolute Gasteiger partial charge is 0.272 e. The number of aromatic nitrogens is 2. The summed E-state index contributed by atoms with van der Waals surface area (Å²) >= 11 is 1.63. The minimum atomic E-state index is -0.236. The normalized spacial score (nSPS) is 28.3. The molecule has 1 aliphatic heterocycles. The lowest BCUT2D eigenvalue weighted by Gasteiger charge is -2.43. The highest BCUT2D eigenvalue weighted by Crippen LogP contribution is 2.43. The number of carbonyl (C=O) groups is 1. The van der Waals surface area contributed by atoms with Crippen molar-refractivity contribution in [3.8, 4) is 10.6 Å². The Morgan fingerprint density at radius 2 is 2.23 bits per heavy atom. The summed E-state index contributed by atoms with van der Waals surface area (Å²) in [6.07, 6.45) is 3.81. The first-order chi connectivity index (χ1) is 12.6. The molecule has 2 aliphatic rings. The van der Waals surface area contributed by atoms with Gasteiger partial charge in [-0.1, -0.05) is 6.07 Å². The fraction of sp³-hybridized carbons (Fsp3) is 0.579. The van der Waals surface area contributed by atoms with E-state index in [1.54, 1.807) is 30.2 Å². The van der Waals surface area contributed by atoms with Gasteiger partial charge in [-0.3, -0.25) is 9.48 Å². The van der Waals surface area contributed by atoms with E-state index in [0.29, 0.717) is 12.2 Å². The van der Waals surface area contributed by atoms with Crippen molar-refractivity contribution in [2.75, 3.05) is 20.8 Å². The molecule has 4 rings (SSSR count). The van der Waals surface area contributed by atoms with Crippen LogP contribution in [0.5, 0.6) is 0 Å². The van der Waals surface area contributed by atoms with Gasteiger partial charge in [0.2, 0.25) is 0 Å². The lowest BCUT2D eigenvalue weighted by atomic mass is 9.79. The molecule has 0 N–H and O–H groups in total. The number of nitrogens with zero attached hydrogens (tertiary/aromatic N) is 3. The first kappa shape index (κ1) is 17.7. The fourth-order valence-corrected chi connectivity index (χ4v) is 5.16. The minimum Gasteiger partial charge on any atom is -0.381 e. The standard InChI is InChI=1S/C19H25N3O3S/c1-21-15(12-14(20-21)16-5-4-10-26-16)18(23)22-9-8-19(25-3)7-6-13(24-2)11-17(19)22/h4-5,10,12-13,17H,6-9,11H2,1-3H3. The monoisotopic (exact) mass is 375 g/mol. The van der Waals surface area contributed by atoms with Gasteiger partial charge in [0.25, 0.3) is 5.91 Å². The van der Waals surface area contributed by atoms with Gasteiger partial charge in [-0.15, -0.1) is 11.3 Å². The average molecular weight is 375 g/mol. The molecule has 1 aliphatic carbocycles. The Morgan fingerprint density at radius 1 is 1.38 bits per heavy atom. The molecule has 2 aromatic heterocycles. The Hall–Kier alpha value is -1.70. The minimum absolute atomic E-state index is 0.0310. The van der Waals surface area contributed by atoms with Crippen molar-refractivity contribution < 1.29 is 14.3 Å². The molecule has 3 heterocycles. The molecule has 3 unspecified atom stereocenters. The van der Waals surface area contributed by atoms with Crippen molar-refractivity contribution in [1.29, 1.82) is 0 Å². The second-order valence-corrected chi connectivity index (χ2v) is 8.13. The van der Waals surface area contributed by atoms with E-state index in [4.69, 9.17) is 9.47 Å². The number of ether oxygens (including phenoxy) is 2. The lowest BCUT2D eigenvalue weighted by molar-refractivity contribution is -0.0894. The van der Waals surface area contributed by atoms with Gasteiger partial charge in [-0.25, -0.2) is 0 Å². The molecule has 7 heteroatoms. The van der Waals surface area contributed by atoms with Crippen molar-refractivity contribution in [3.63, 3.8) is 0 Å². The van der Waals surface area contributed by atoms with Crippen molar-refractivity contribution in [2.45, 2.75) is 43.4 Å². The Labute approximate surface area is 157 Å². The summed E-state index contributed by atoms with van der Waals surface area (Å²) in [5, 5.41) is 6.56. The summed E-state index contributed by atoms with van der Waals surface area (Å²) in [5.74, 6) is 0.0310. The van der Waals surface area contributed by atoms with E-state index in [-0.39, 0.29) is 23.7 Å². The molecular weight excluding hydrogens is 350 g/mol. The zero-order valence-corrected chi connectivity index (χ0v) is 16.3. The molecule has 1 saturated heterocycles. The number of hydrogen-bond donors (Lipinski definition) is 0. The zero-order chi connectivity index (χ0) is 18.3. The van der Waals surface area contributed by atoms with Crippen molar-refractivity contribution in [2.24, 2.45) is 7.05 Å². The SMILES string of the molecule is COC1CCC2(OC)CCN(C(=O)c3cc(-c4cccs4)nn3C)C2C1. The van der Waals surface area contributed by atoms with Crippen LogP contribution in [-0.2, 0) is 16.5 Å². The third-order valence-electron chi connectivity index (χ3n) is 6.01. The van der Waals surface area contributed by atoms with E-state index in [0.717, 1.165) is 36.3 Å². The first-order valence-electron chi connectivity index (χ1n) is 9.05. The maximum atomic E-state index is 13.3. The van der Waals surface area contributed by atoms with Gasteiger partial charge >= 0.3 is 0 Å². The van der Waals surface area contributed by atoms with Gasteiger partial charge in [0.1, 0.15) is 11.4 Å². The predicted octanol–water partition coefficient (Wildman–Crippen LogP) is 2.95. The third-order valence-corrected chi connectivity index (χ3v) is 6.90. The van der Waals surface area contributed by atoms with Gasteiger partial charge in [0.05, 0.1) is 22.6 Å². The van der Waals surface area contributed by atoms with Crippen LogP contribution in [0.15, 0.2) is 23.6 Å². The van der Waals surface area contributed by atoms with Crippen LogP contribution in [0.1, 0.15) is 36.2 Å². The van der Waals surface area contributed by atoms with Crippen LogP contribution < -0.4 is 0 Å². The van der Waals surface area contributed by atoms with Crippen LogP contribution in [0.2, 0.25) is 0 Å². The second kappa shape index (κ2) is 6.79. The number of fused-ring (bicyclic) bond motifs is 1. The van der Waals surface area contributed by atoms with Crippen LogP contribution in [0.25, 0.3) is 10.6 Å². The van der Waals surface area contributed by atoms with Crippen LogP contribution >= 0.6 is 11.3 Å². The molecule has 2 aromatic rings. The van der Waals surface area contributed by atoms with Gasteiger partial charge in [0.15, 0.2) is 0 Å². The van der Waals surface area contributed by atoms with Crippen molar-refractivity contribution >= 4 is 17.2 Å². The van der Waals surface area contributed by atoms with E-state index >= 15 is 0 Å². The molecule has 1 saturated carbocycles. The van der Waals surface area contributed by atoms with E-state index in [9.17, 15) is 4.79 Å². The highest BCUT2D eigenvalue weighted by atomic mass is 32.1. The van der Waals surface area contributed by atoms with Crippen LogP contribution in [0.3, 0.4) is 0 Å². The Bertz CT molecular complexity index is 788. The molecule has 6 nitrogen and oxygen atoms in total. The highest BCUT2D eigenvalue weighted by molar-refractivity contribution is 7.13. The second-order valence-electron chi connectivity index (χ2n) is 7.18. The predicted molar refractivity (Wildman–Crippen MR) is 100 cm³/mol. The molecule has 3 atom stereocenters. The average Bonchev–Trinajstić information content (AvgIpc) is 3.38. The third kappa shape index (κ3) is 2.78. The number of likely N-dealkylation sites (tertiary alicyclic amines) is 1. The van der Waals surface area contributed by atoms with Gasteiger partial charge < -0.3 is 14.4 Å². The maximum Gasteiger partial charge on any atom is 0.272 e. The van der Waals surface area contributed by atoms with E-state index < -0.39 is 0 Å². The van der Waals surface area contributed by atoms with Crippen molar-refractivity contribution in [1.82, 2.24) is 14.7 Å². The summed E-state index contributed by atoms with van der Waals surface area (Å²) in [6.45, 7) is 0.716. The first-order valence-corrected chi connectivity index (χ1v) is 9.93. The molecule has 0 radical (unpaired) electrons. The van der Waals surface area contributed by atoms with Crippen molar-refractivity contribution in [3.05, 3.63) is 29.3 Å². The molecular formula is C19H25N3O3S. The number of aryl methyl sites for hydroxylation is 1. The topological polar surface area (TPSA) is 56.6 Å². The highest BCUT2D eigenvalue weighted by Gasteiger charge is 2.53. The summed E-state index contributed by atoms with van der Waals surface area (Å²) < 4.78 is 13.2. The van der Waals surface area contributed by atoms with Gasteiger partial charge in [-0.2, -0.15) is 5.10 Å². The van der Waals surface area contributed by atoms with Crippen LogP contribution in [-0.4, -0.2) is 59.1 Å². The lowest BCUT2D eigenvalue weighted by Crippen LogP contribution is -2.53. The molecule has 140 valence electrons. The zero-order valence-electron chi connectivity index (χ0n) is 15.5. The van der Waals surface area contributed by atoms with Crippen LogP contribution in [0.4, 0.5) is 0 Å². The summed E-state index contributed by atoms with van der Waals surface area (Å²) in [5.41, 5.74) is 1.24. The summed E-state index contributed by atoms with van der Waals surface area (Å²) in [7, 11) is 5.36. The Balaban J connectivity index is 1.62. The summed E-state index contributed by atoms with van der Waals surface area (Å²) in [4.78, 5) is 16.4. The molecule has 0 aromatic carbocycles. The molecule has 1 amide bonds. The largest absolute Gasteiger partial charge is 0.381 e. The Kier molecular flexibility index (Phi) is 4.62. The van der Waals surface area contributed by atoms with E-state index in [1.165, 1.54) is 0 Å². The van der Waals surface area contributed by atoms with Gasteiger partial charge in [-0.05, 0) is 43.2 Å². The quantitative estimate of drug-likeness (QED) is 0.824. The number of methoxy groups -OCH3 is 2. The number of amides is 1. The van der Waals surface area contributed by atoms with Crippen LogP contribution in [0, 0.1) is 0 Å². The number of rotatable bonds is 4. The van der Waals surface area contributed by atoms with Gasteiger partial charge in [0, 0.05) is 27.8 Å². The number of hydrogen-bond acceptors (Lipinski definition) is 5. The fourth-order valence-electron chi connectivity index (χ4n) is 4.48. The number of thiophene rings is 1.